The van der Waals surface area contributed by atoms with Crippen LogP contribution in [0.1, 0.15) is 44.0 Å². The van der Waals surface area contributed by atoms with E-state index in [4.69, 9.17) is 15.2 Å². The number of ether oxygens (including phenoxy) is 2. The number of phenols is 1. The molecule has 0 saturated heterocycles. The number of nitrogens with two attached hydrogens (primary N) is 1. The predicted molar refractivity (Wildman–Crippen MR) is 140 cm³/mol. The van der Waals surface area contributed by atoms with Gasteiger partial charge in [0.05, 0.1) is 16.7 Å². The quantitative estimate of drug-likeness (QED) is 0.305. The van der Waals surface area contributed by atoms with E-state index >= 15 is 0 Å². The van der Waals surface area contributed by atoms with E-state index in [1.807, 2.05) is 42.5 Å². The maximum atomic E-state index is 13.6. The number of primary amides is 1. The Bertz CT molecular complexity index is 1610. The van der Waals surface area contributed by atoms with Crippen molar-refractivity contribution in [1.82, 2.24) is 4.98 Å². The number of fused-ring (bicyclic) bond motifs is 1. The third-order valence-corrected chi connectivity index (χ3v) is 7.70. The second-order valence-corrected chi connectivity index (χ2v) is 10.1. The van der Waals surface area contributed by atoms with E-state index < -0.39 is 17.1 Å². The SMILES string of the molecule is NC(=O)c1cc(C(=O)c2sc(NC(=O)C3(c4ccc5c(c4)OCO5)CC3)nc2-c2ccccc2)ccc1O. The highest BCUT2D eigenvalue weighted by atomic mass is 32.1. The highest BCUT2D eigenvalue weighted by Crippen LogP contribution is 2.51. The van der Waals surface area contributed by atoms with E-state index in [0.29, 0.717) is 35.6 Å². The van der Waals surface area contributed by atoms with Crippen LogP contribution in [0.4, 0.5) is 5.13 Å². The Hall–Kier alpha value is -4.70. The van der Waals surface area contributed by atoms with E-state index in [-0.39, 0.29) is 39.6 Å². The maximum absolute atomic E-state index is 13.6. The van der Waals surface area contributed by atoms with Gasteiger partial charge in [0.1, 0.15) is 10.6 Å². The van der Waals surface area contributed by atoms with E-state index in [1.54, 1.807) is 6.07 Å². The molecule has 38 heavy (non-hydrogen) atoms. The van der Waals surface area contributed by atoms with Crippen LogP contribution in [-0.4, -0.2) is 34.5 Å². The third kappa shape index (κ3) is 4.04. The fourth-order valence-corrected chi connectivity index (χ4v) is 5.45. The molecular formula is C28H21N3O6S. The van der Waals surface area contributed by atoms with Crippen molar-refractivity contribution in [3.8, 4) is 28.5 Å². The van der Waals surface area contributed by atoms with E-state index in [2.05, 4.69) is 10.3 Å². The summed E-state index contributed by atoms with van der Waals surface area (Å²) in [6.07, 6.45) is 1.34. The molecule has 10 heteroatoms. The zero-order valence-corrected chi connectivity index (χ0v) is 20.7. The molecule has 3 aromatic carbocycles. The van der Waals surface area contributed by atoms with Crippen molar-refractivity contribution >= 4 is 34.1 Å². The summed E-state index contributed by atoms with van der Waals surface area (Å²) < 4.78 is 10.9. The van der Waals surface area contributed by atoms with Gasteiger partial charge in [-0.2, -0.15) is 0 Å². The summed E-state index contributed by atoms with van der Waals surface area (Å²) in [6, 6.07) is 18.6. The number of nitrogens with one attached hydrogen (secondary N) is 1. The summed E-state index contributed by atoms with van der Waals surface area (Å²) in [7, 11) is 0. The second-order valence-electron chi connectivity index (χ2n) is 9.09. The Kier molecular flexibility index (Phi) is 5.61. The molecule has 190 valence electrons. The molecule has 0 radical (unpaired) electrons. The first-order valence-corrected chi connectivity index (χ1v) is 12.6. The molecule has 1 fully saturated rings. The Morgan fingerprint density at radius 1 is 0.974 bits per heavy atom. The van der Waals surface area contributed by atoms with Gasteiger partial charge in [0.2, 0.25) is 18.5 Å². The molecule has 6 rings (SSSR count). The lowest BCUT2D eigenvalue weighted by atomic mass is 9.94. The van der Waals surface area contributed by atoms with Crippen molar-refractivity contribution in [3.63, 3.8) is 0 Å². The highest BCUT2D eigenvalue weighted by molar-refractivity contribution is 7.18. The molecule has 1 aliphatic carbocycles. The van der Waals surface area contributed by atoms with Crippen molar-refractivity contribution in [3.05, 3.63) is 88.3 Å². The molecule has 4 aromatic rings. The number of thiazole rings is 1. The van der Waals surface area contributed by atoms with Gasteiger partial charge in [-0.25, -0.2) is 4.98 Å². The molecule has 0 spiro atoms. The van der Waals surface area contributed by atoms with Crippen molar-refractivity contribution < 1.29 is 29.0 Å². The van der Waals surface area contributed by atoms with Gasteiger partial charge in [0.15, 0.2) is 16.6 Å². The summed E-state index contributed by atoms with van der Waals surface area (Å²) in [6.45, 7) is 0.151. The van der Waals surface area contributed by atoms with Crippen LogP contribution in [0.5, 0.6) is 17.2 Å². The van der Waals surface area contributed by atoms with Crippen LogP contribution in [-0.2, 0) is 10.2 Å². The predicted octanol–water partition coefficient (Wildman–Crippen LogP) is 4.24. The van der Waals surface area contributed by atoms with Gasteiger partial charge >= 0.3 is 0 Å². The number of nitrogens with zero attached hydrogens (tertiary/aromatic N) is 1. The number of rotatable bonds is 7. The Balaban J connectivity index is 1.34. The molecule has 1 saturated carbocycles. The molecule has 9 nitrogen and oxygen atoms in total. The molecule has 2 heterocycles. The van der Waals surface area contributed by atoms with Crippen molar-refractivity contribution in [2.75, 3.05) is 12.1 Å². The van der Waals surface area contributed by atoms with Crippen molar-refractivity contribution in [2.45, 2.75) is 18.3 Å². The Morgan fingerprint density at radius 2 is 1.74 bits per heavy atom. The van der Waals surface area contributed by atoms with Gasteiger partial charge in [-0.1, -0.05) is 47.7 Å². The molecule has 1 aliphatic heterocycles. The number of carbonyl (C=O) groups excluding carboxylic acids is 3. The standard InChI is InChI=1S/C28H21N3O6S/c29-25(34)18-12-16(6-8-19(18)32)23(33)24-22(15-4-2-1-3-5-15)30-27(38-24)31-26(35)28(10-11-28)17-7-9-20-21(13-17)37-14-36-20/h1-9,12-13,32H,10-11,14H2,(H2,29,34)(H,30,31,35). The van der Waals surface area contributed by atoms with Gasteiger partial charge in [-0.05, 0) is 48.7 Å². The zero-order valence-electron chi connectivity index (χ0n) is 19.9. The van der Waals surface area contributed by atoms with Crippen molar-refractivity contribution in [2.24, 2.45) is 5.73 Å². The van der Waals surface area contributed by atoms with Gasteiger partial charge in [0.25, 0.3) is 5.91 Å². The van der Waals surface area contributed by atoms with Gasteiger partial charge < -0.3 is 25.6 Å². The average Bonchev–Trinajstić information content (AvgIpc) is 3.42. The number of ketones is 1. The van der Waals surface area contributed by atoms with Crippen LogP contribution in [0.25, 0.3) is 11.3 Å². The normalized spacial score (nSPS) is 14.6. The van der Waals surface area contributed by atoms with Crippen LogP contribution in [0.2, 0.25) is 0 Å². The summed E-state index contributed by atoms with van der Waals surface area (Å²) in [5.74, 6) is -0.539. The monoisotopic (exact) mass is 527 g/mol. The zero-order chi connectivity index (χ0) is 26.4. The Morgan fingerprint density at radius 3 is 2.47 bits per heavy atom. The van der Waals surface area contributed by atoms with Crippen LogP contribution in [0.15, 0.2) is 66.7 Å². The molecule has 0 unspecified atom stereocenters. The summed E-state index contributed by atoms with van der Waals surface area (Å²) >= 11 is 1.05. The van der Waals surface area contributed by atoms with Crippen LogP contribution >= 0.6 is 11.3 Å². The van der Waals surface area contributed by atoms with Crippen LogP contribution in [0.3, 0.4) is 0 Å². The molecule has 2 amide bonds. The average molecular weight is 528 g/mol. The number of aromatic nitrogens is 1. The summed E-state index contributed by atoms with van der Waals surface area (Å²) in [4.78, 5) is 43.6. The van der Waals surface area contributed by atoms with Gasteiger partial charge in [-0.3, -0.25) is 14.4 Å². The topological polar surface area (TPSA) is 141 Å². The smallest absolute Gasteiger partial charge is 0.252 e. The lowest BCUT2D eigenvalue weighted by Gasteiger charge is -2.15. The highest BCUT2D eigenvalue weighted by Gasteiger charge is 2.52. The van der Waals surface area contributed by atoms with Gasteiger partial charge in [0, 0.05) is 11.1 Å². The number of anilines is 1. The third-order valence-electron chi connectivity index (χ3n) is 6.74. The minimum Gasteiger partial charge on any atom is -0.507 e. The number of carbonyl (C=O) groups is 3. The summed E-state index contributed by atoms with van der Waals surface area (Å²) in [5.41, 5.74) is 6.56. The number of aromatic hydroxyl groups is 1. The molecule has 0 atom stereocenters. The number of benzene rings is 3. The molecular weight excluding hydrogens is 506 g/mol. The lowest BCUT2D eigenvalue weighted by Crippen LogP contribution is -2.27. The van der Waals surface area contributed by atoms with E-state index in [9.17, 15) is 19.5 Å². The Labute approximate surface area is 220 Å². The van der Waals surface area contributed by atoms with Gasteiger partial charge in [-0.15, -0.1) is 0 Å². The fraction of sp³-hybridized carbons (Fsp3) is 0.143. The first-order chi connectivity index (χ1) is 18.4. The van der Waals surface area contributed by atoms with Crippen LogP contribution in [0, 0.1) is 0 Å². The fourth-order valence-electron chi connectivity index (χ4n) is 4.51. The molecule has 0 bridgehead atoms. The second kappa shape index (κ2) is 9.00. The summed E-state index contributed by atoms with van der Waals surface area (Å²) in [5, 5.41) is 13.1. The number of hydrogen-bond donors (Lipinski definition) is 3. The van der Waals surface area contributed by atoms with Crippen LogP contribution < -0.4 is 20.5 Å². The molecule has 4 N–H and O–H groups in total. The minimum atomic E-state index is -0.851. The number of amides is 2. The number of hydrogen-bond acceptors (Lipinski definition) is 8. The van der Waals surface area contributed by atoms with E-state index in [1.165, 1.54) is 18.2 Å². The molecule has 2 aliphatic rings. The van der Waals surface area contributed by atoms with E-state index in [0.717, 1.165) is 16.9 Å². The first-order valence-electron chi connectivity index (χ1n) is 11.8. The first kappa shape index (κ1) is 23.7. The lowest BCUT2D eigenvalue weighted by molar-refractivity contribution is -0.118. The molecule has 1 aromatic heterocycles. The van der Waals surface area contributed by atoms with Crippen molar-refractivity contribution in [1.29, 1.82) is 0 Å². The largest absolute Gasteiger partial charge is 0.507 e. The minimum absolute atomic E-state index is 0.151. The maximum Gasteiger partial charge on any atom is 0.252 e.